The minimum absolute atomic E-state index is 0.331. The molecule has 0 spiro atoms. The summed E-state index contributed by atoms with van der Waals surface area (Å²) in [5.74, 6) is 1.11. The van der Waals surface area contributed by atoms with E-state index in [1.807, 2.05) is 0 Å². The van der Waals surface area contributed by atoms with Gasteiger partial charge in [-0.2, -0.15) is 0 Å². The van der Waals surface area contributed by atoms with E-state index in [0.717, 1.165) is 17.9 Å². The number of hydrogen-bond acceptors (Lipinski definition) is 2. The van der Waals surface area contributed by atoms with Gasteiger partial charge in [-0.15, -0.1) is 0 Å². The van der Waals surface area contributed by atoms with E-state index < -0.39 is 0 Å². The van der Waals surface area contributed by atoms with Crippen LogP contribution in [-0.4, -0.2) is 6.54 Å². The van der Waals surface area contributed by atoms with Crippen molar-refractivity contribution in [3.8, 4) is 0 Å². The average molecular weight is 271 g/mol. The van der Waals surface area contributed by atoms with Crippen LogP contribution in [0.1, 0.15) is 56.9 Å². The summed E-state index contributed by atoms with van der Waals surface area (Å²) in [5.41, 5.74) is 2.60. The Kier molecular flexibility index (Phi) is 3.59. The van der Waals surface area contributed by atoms with Gasteiger partial charge in [-0.05, 0) is 43.4 Å². The molecule has 1 atom stereocenters. The lowest BCUT2D eigenvalue weighted by molar-refractivity contribution is 0.201. The standard InChI is InChI=1S/C18H25NO/c1-4-19-17(18(3)10-5-6-11-18)15-12-14-9-7-8-13(2)16(14)20-15/h7-9,12,17,19H,4-6,10-11H2,1-3H3. The molecule has 0 radical (unpaired) electrons. The third-order valence-corrected chi connectivity index (χ3v) is 4.90. The van der Waals surface area contributed by atoms with E-state index in [1.54, 1.807) is 0 Å². The minimum atomic E-state index is 0.331. The zero-order valence-corrected chi connectivity index (χ0v) is 12.8. The number of furan rings is 1. The predicted molar refractivity (Wildman–Crippen MR) is 83.9 cm³/mol. The molecular formula is C18H25NO. The number of hydrogen-bond donors (Lipinski definition) is 1. The molecule has 1 saturated carbocycles. The molecule has 2 aromatic rings. The smallest absolute Gasteiger partial charge is 0.137 e. The summed E-state index contributed by atoms with van der Waals surface area (Å²) in [5, 5.41) is 4.89. The van der Waals surface area contributed by atoms with Gasteiger partial charge in [0, 0.05) is 5.39 Å². The van der Waals surface area contributed by atoms with Crippen molar-refractivity contribution in [1.29, 1.82) is 0 Å². The second-order valence-corrected chi connectivity index (χ2v) is 6.49. The summed E-state index contributed by atoms with van der Waals surface area (Å²) >= 11 is 0. The molecule has 2 nitrogen and oxygen atoms in total. The zero-order valence-electron chi connectivity index (χ0n) is 12.8. The Morgan fingerprint density at radius 2 is 2.05 bits per heavy atom. The van der Waals surface area contributed by atoms with Crippen LogP contribution in [0.2, 0.25) is 0 Å². The summed E-state index contributed by atoms with van der Waals surface area (Å²) in [6.45, 7) is 7.69. The number of rotatable bonds is 4. The van der Waals surface area contributed by atoms with Crippen LogP contribution in [0.3, 0.4) is 0 Å². The summed E-state index contributed by atoms with van der Waals surface area (Å²) < 4.78 is 6.23. The predicted octanol–water partition coefficient (Wildman–Crippen LogP) is 4.97. The van der Waals surface area contributed by atoms with Gasteiger partial charge in [0.1, 0.15) is 11.3 Å². The fraction of sp³-hybridized carbons (Fsp3) is 0.556. The van der Waals surface area contributed by atoms with E-state index in [9.17, 15) is 0 Å². The van der Waals surface area contributed by atoms with Gasteiger partial charge in [0.2, 0.25) is 0 Å². The molecule has 1 aliphatic carbocycles. The van der Waals surface area contributed by atoms with Gasteiger partial charge in [-0.3, -0.25) is 0 Å². The summed E-state index contributed by atoms with van der Waals surface area (Å²) in [6.07, 6.45) is 5.27. The zero-order chi connectivity index (χ0) is 14.2. The molecule has 1 aromatic heterocycles. The lowest BCUT2D eigenvalue weighted by Gasteiger charge is -2.33. The summed E-state index contributed by atoms with van der Waals surface area (Å²) in [7, 11) is 0. The quantitative estimate of drug-likeness (QED) is 0.849. The van der Waals surface area contributed by atoms with Gasteiger partial charge in [0.25, 0.3) is 0 Å². The highest BCUT2D eigenvalue weighted by molar-refractivity contribution is 5.81. The van der Waals surface area contributed by atoms with Crippen LogP contribution in [0.4, 0.5) is 0 Å². The second kappa shape index (κ2) is 5.25. The summed E-state index contributed by atoms with van der Waals surface area (Å²) in [6, 6.07) is 8.95. The molecule has 1 unspecified atom stereocenters. The van der Waals surface area contributed by atoms with E-state index in [2.05, 4.69) is 50.4 Å². The number of nitrogens with one attached hydrogen (secondary N) is 1. The van der Waals surface area contributed by atoms with Crippen LogP contribution in [0.15, 0.2) is 28.7 Å². The topological polar surface area (TPSA) is 25.2 Å². The molecule has 0 saturated heterocycles. The Morgan fingerprint density at radius 3 is 2.70 bits per heavy atom. The Labute approximate surface area is 121 Å². The van der Waals surface area contributed by atoms with Gasteiger partial charge >= 0.3 is 0 Å². The van der Waals surface area contributed by atoms with E-state index in [1.165, 1.54) is 36.6 Å². The molecule has 3 rings (SSSR count). The Bertz CT molecular complexity index is 592. The fourth-order valence-electron chi connectivity index (χ4n) is 3.74. The third-order valence-electron chi connectivity index (χ3n) is 4.90. The Morgan fingerprint density at radius 1 is 1.30 bits per heavy atom. The van der Waals surface area contributed by atoms with Crippen LogP contribution in [-0.2, 0) is 0 Å². The molecule has 0 aliphatic heterocycles. The van der Waals surface area contributed by atoms with Crippen molar-refractivity contribution in [2.24, 2.45) is 5.41 Å². The molecule has 20 heavy (non-hydrogen) atoms. The highest BCUT2D eigenvalue weighted by Crippen LogP contribution is 2.48. The first kappa shape index (κ1) is 13.7. The molecule has 0 amide bonds. The fourth-order valence-corrected chi connectivity index (χ4v) is 3.74. The van der Waals surface area contributed by atoms with Crippen molar-refractivity contribution < 1.29 is 4.42 Å². The van der Waals surface area contributed by atoms with Crippen LogP contribution < -0.4 is 5.32 Å². The van der Waals surface area contributed by atoms with Crippen LogP contribution in [0, 0.1) is 12.3 Å². The van der Waals surface area contributed by atoms with Crippen molar-refractivity contribution in [3.63, 3.8) is 0 Å². The first-order valence-corrected chi connectivity index (χ1v) is 7.86. The Balaban J connectivity index is 2.03. The Hall–Kier alpha value is -1.28. The van der Waals surface area contributed by atoms with E-state index >= 15 is 0 Å². The monoisotopic (exact) mass is 271 g/mol. The maximum absolute atomic E-state index is 6.23. The van der Waals surface area contributed by atoms with E-state index in [0.29, 0.717) is 11.5 Å². The maximum atomic E-state index is 6.23. The molecule has 1 fully saturated rings. The number of para-hydroxylation sites is 1. The number of fused-ring (bicyclic) bond motifs is 1. The number of benzene rings is 1. The lowest BCUT2D eigenvalue weighted by Crippen LogP contribution is -2.34. The van der Waals surface area contributed by atoms with Gasteiger partial charge in [-0.1, -0.05) is 44.9 Å². The molecule has 2 heteroatoms. The minimum Gasteiger partial charge on any atom is -0.459 e. The third kappa shape index (κ3) is 2.26. The first-order valence-electron chi connectivity index (χ1n) is 7.86. The average Bonchev–Trinajstić information content (AvgIpc) is 3.04. The largest absolute Gasteiger partial charge is 0.459 e. The summed E-state index contributed by atoms with van der Waals surface area (Å²) in [4.78, 5) is 0. The molecular weight excluding hydrogens is 246 g/mol. The molecule has 1 heterocycles. The van der Waals surface area contributed by atoms with Crippen LogP contribution >= 0.6 is 0 Å². The van der Waals surface area contributed by atoms with Crippen LogP contribution in [0.25, 0.3) is 11.0 Å². The molecule has 1 aliphatic rings. The molecule has 1 aromatic carbocycles. The SMILES string of the molecule is CCNC(c1cc2cccc(C)c2o1)C1(C)CCCC1. The first-order chi connectivity index (χ1) is 9.64. The van der Waals surface area contributed by atoms with Crippen molar-refractivity contribution >= 4 is 11.0 Å². The van der Waals surface area contributed by atoms with Crippen LogP contribution in [0.5, 0.6) is 0 Å². The van der Waals surface area contributed by atoms with Crippen molar-refractivity contribution in [1.82, 2.24) is 5.32 Å². The van der Waals surface area contributed by atoms with Crippen molar-refractivity contribution in [3.05, 3.63) is 35.6 Å². The van der Waals surface area contributed by atoms with E-state index in [-0.39, 0.29) is 0 Å². The van der Waals surface area contributed by atoms with Crippen molar-refractivity contribution in [2.45, 2.75) is 52.5 Å². The molecule has 0 bridgehead atoms. The van der Waals surface area contributed by atoms with Gasteiger partial charge in [-0.25, -0.2) is 0 Å². The van der Waals surface area contributed by atoms with Gasteiger partial charge < -0.3 is 9.73 Å². The van der Waals surface area contributed by atoms with Gasteiger partial charge in [0.05, 0.1) is 6.04 Å². The normalized spacial score (nSPS) is 19.6. The highest BCUT2D eigenvalue weighted by Gasteiger charge is 2.39. The number of aryl methyl sites for hydroxylation is 1. The highest BCUT2D eigenvalue weighted by atomic mass is 16.3. The van der Waals surface area contributed by atoms with Crippen molar-refractivity contribution in [2.75, 3.05) is 6.54 Å². The molecule has 108 valence electrons. The van der Waals surface area contributed by atoms with Gasteiger partial charge in [0.15, 0.2) is 0 Å². The lowest BCUT2D eigenvalue weighted by atomic mass is 9.79. The van der Waals surface area contributed by atoms with E-state index in [4.69, 9.17) is 4.42 Å². The molecule has 1 N–H and O–H groups in total. The second-order valence-electron chi connectivity index (χ2n) is 6.49. The maximum Gasteiger partial charge on any atom is 0.137 e.